The number of ether oxygens (including phenoxy) is 2. The van der Waals surface area contributed by atoms with Crippen LogP contribution in [0.3, 0.4) is 0 Å². The largest absolute Gasteiger partial charge is 0.497 e. The van der Waals surface area contributed by atoms with Crippen molar-refractivity contribution < 1.29 is 14.3 Å². The first-order valence-electron chi connectivity index (χ1n) is 9.07. The average Bonchev–Trinajstić information content (AvgIpc) is 3.05. The summed E-state index contributed by atoms with van der Waals surface area (Å²) in [5.74, 6) is 1.43. The van der Waals surface area contributed by atoms with E-state index in [1.54, 1.807) is 37.1 Å². The number of hydrogen-bond acceptors (Lipinski definition) is 5. The van der Waals surface area contributed by atoms with Crippen molar-refractivity contribution >= 4 is 17.5 Å². The number of benzene rings is 1. The van der Waals surface area contributed by atoms with Crippen LogP contribution >= 0.6 is 11.6 Å². The molecule has 2 heterocycles. The number of carbonyl (C=O) groups is 1. The van der Waals surface area contributed by atoms with Gasteiger partial charge in [-0.05, 0) is 51.1 Å². The maximum absolute atomic E-state index is 12.9. The van der Waals surface area contributed by atoms with E-state index in [1.807, 2.05) is 39.0 Å². The SMILES string of the molecule is COc1ccc(C(C)NC(=O)c2nc(-n3nc(C)cc3C)ccc2Cl)c(OC)c1. The molecule has 7 nitrogen and oxygen atoms in total. The Kier molecular flexibility index (Phi) is 6.08. The van der Waals surface area contributed by atoms with Crippen molar-refractivity contribution in [2.75, 3.05) is 14.2 Å². The quantitative estimate of drug-likeness (QED) is 0.658. The number of methoxy groups -OCH3 is 2. The monoisotopic (exact) mass is 414 g/mol. The van der Waals surface area contributed by atoms with Crippen LogP contribution in [0.4, 0.5) is 0 Å². The highest BCUT2D eigenvalue weighted by molar-refractivity contribution is 6.33. The van der Waals surface area contributed by atoms with Crippen LogP contribution in [0.1, 0.15) is 40.4 Å². The van der Waals surface area contributed by atoms with Crippen LogP contribution in [-0.4, -0.2) is 34.9 Å². The highest BCUT2D eigenvalue weighted by Gasteiger charge is 2.20. The Morgan fingerprint density at radius 2 is 1.90 bits per heavy atom. The van der Waals surface area contributed by atoms with Gasteiger partial charge in [0.1, 0.15) is 17.2 Å². The molecule has 152 valence electrons. The zero-order valence-corrected chi connectivity index (χ0v) is 17.7. The molecule has 0 bridgehead atoms. The van der Waals surface area contributed by atoms with Crippen LogP contribution in [0, 0.1) is 13.8 Å². The van der Waals surface area contributed by atoms with Gasteiger partial charge in [-0.2, -0.15) is 5.10 Å². The molecule has 29 heavy (non-hydrogen) atoms. The van der Waals surface area contributed by atoms with Crippen molar-refractivity contribution in [3.8, 4) is 17.3 Å². The molecule has 0 aliphatic heterocycles. The molecule has 0 radical (unpaired) electrons. The van der Waals surface area contributed by atoms with Crippen molar-refractivity contribution in [1.82, 2.24) is 20.1 Å². The Bertz CT molecular complexity index is 1050. The second-order valence-electron chi connectivity index (χ2n) is 6.64. The Balaban J connectivity index is 1.87. The van der Waals surface area contributed by atoms with Crippen molar-refractivity contribution in [2.45, 2.75) is 26.8 Å². The van der Waals surface area contributed by atoms with E-state index in [9.17, 15) is 4.79 Å². The second-order valence-corrected chi connectivity index (χ2v) is 7.05. The summed E-state index contributed by atoms with van der Waals surface area (Å²) in [5, 5.41) is 7.60. The zero-order valence-electron chi connectivity index (χ0n) is 17.0. The number of amides is 1. The number of hydrogen-bond donors (Lipinski definition) is 1. The molecule has 1 amide bonds. The van der Waals surface area contributed by atoms with Gasteiger partial charge in [-0.15, -0.1) is 0 Å². The lowest BCUT2D eigenvalue weighted by Crippen LogP contribution is -2.28. The fourth-order valence-corrected chi connectivity index (χ4v) is 3.28. The minimum atomic E-state index is -0.385. The van der Waals surface area contributed by atoms with Crippen LogP contribution < -0.4 is 14.8 Å². The predicted octanol–water partition coefficient (Wildman–Crippen LogP) is 4.05. The third kappa shape index (κ3) is 4.35. The molecule has 0 spiro atoms. The van der Waals surface area contributed by atoms with Crippen molar-refractivity contribution in [2.24, 2.45) is 0 Å². The Hall–Kier alpha value is -3.06. The molecule has 0 aliphatic carbocycles. The van der Waals surface area contributed by atoms with E-state index in [0.717, 1.165) is 17.0 Å². The maximum atomic E-state index is 12.9. The summed E-state index contributed by atoms with van der Waals surface area (Å²) in [5.41, 5.74) is 2.73. The number of halogens is 1. The van der Waals surface area contributed by atoms with Gasteiger partial charge in [-0.25, -0.2) is 9.67 Å². The van der Waals surface area contributed by atoms with Gasteiger partial charge >= 0.3 is 0 Å². The molecule has 3 rings (SSSR count). The Labute approximate surface area is 174 Å². The molecule has 0 fully saturated rings. The second kappa shape index (κ2) is 8.53. The first-order chi connectivity index (χ1) is 13.8. The predicted molar refractivity (Wildman–Crippen MR) is 111 cm³/mol. The number of nitrogens with zero attached hydrogens (tertiary/aromatic N) is 3. The van der Waals surface area contributed by atoms with Crippen LogP contribution in [0.25, 0.3) is 5.82 Å². The van der Waals surface area contributed by atoms with Gasteiger partial charge in [0, 0.05) is 17.3 Å². The third-order valence-corrected chi connectivity index (χ3v) is 4.83. The Morgan fingerprint density at radius 1 is 1.14 bits per heavy atom. The number of rotatable bonds is 6. The fraction of sp³-hybridized carbons (Fsp3) is 0.286. The molecule has 0 saturated carbocycles. The highest BCUT2D eigenvalue weighted by atomic mass is 35.5. The van der Waals surface area contributed by atoms with E-state index in [1.165, 1.54) is 0 Å². The van der Waals surface area contributed by atoms with Crippen molar-refractivity contribution in [3.63, 3.8) is 0 Å². The molecule has 1 unspecified atom stereocenters. The lowest BCUT2D eigenvalue weighted by atomic mass is 10.1. The molecule has 3 aromatic rings. The van der Waals surface area contributed by atoms with Crippen molar-refractivity contribution in [1.29, 1.82) is 0 Å². The first-order valence-corrected chi connectivity index (χ1v) is 9.44. The molecule has 2 aromatic heterocycles. The molecular formula is C21H23ClN4O3. The minimum Gasteiger partial charge on any atom is -0.497 e. The molecule has 1 atom stereocenters. The van der Waals surface area contributed by atoms with E-state index < -0.39 is 0 Å². The number of aromatic nitrogens is 3. The molecule has 1 aromatic carbocycles. The zero-order chi connectivity index (χ0) is 21.1. The summed E-state index contributed by atoms with van der Waals surface area (Å²) in [7, 11) is 3.16. The summed E-state index contributed by atoms with van der Waals surface area (Å²) in [6.45, 7) is 5.69. The summed E-state index contributed by atoms with van der Waals surface area (Å²) in [4.78, 5) is 17.3. The van der Waals surface area contributed by atoms with Crippen LogP contribution in [0.15, 0.2) is 36.4 Å². The Morgan fingerprint density at radius 3 is 2.52 bits per heavy atom. The molecule has 1 N–H and O–H groups in total. The van der Waals surface area contributed by atoms with E-state index in [-0.39, 0.29) is 22.7 Å². The van der Waals surface area contributed by atoms with Crippen LogP contribution in [0.5, 0.6) is 11.5 Å². The summed E-state index contributed by atoms with van der Waals surface area (Å²) < 4.78 is 12.3. The standard InChI is InChI=1S/C21H23ClN4O3/c1-12-10-13(2)26(25-12)19-9-8-17(22)20(24-19)21(27)23-14(3)16-7-6-15(28-4)11-18(16)29-5/h6-11,14H,1-5H3,(H,23,27). The van der Waals surface area contributed by atoms with E-state index in [0.29, 0.717) is 17.3 Å². The van der Waals surface area contributed by atoms with Crippen molar-refractivity contribution in [3.05, 3.63) is 64.1 Å². The molecule has 0 aliphatic rings. The van der Waals surface area contributed by atoms with Gasteiger partial charge < -0.3 is 14.8 Å². The lowest BCUT2D eigenvalue weighted by Gasteiger charge is -2.18. The minimum absolute atomic E-state index is 0.135. The maximum Gasteiger partial charge on any atom is 0.271 e. The van der Waals surface area contributed by atoms with E-state index >= 15 is 0 Å². The molecule has 0 saturated heterocycles. The number of carbonyl (C=O) groups excluding carboxylic acids is 1. The molecular weight excluding hydrogens is 392 g/mol. The number of pyridine rings is 1. The van der Waals surface area contributed by atoms with Gasteiger partial charge in [0.15, 0.2) is 5.82 Å². The van der Waals surface area contributed by atoms with Gasteiger partial charge in [0.2, 0.25) is 0 Å². The van der Waals surface area contributed by atoms with Gasteiger partial charge in [-0.1, -0.05) is 11.6 Å². The molecule has 8 heteroatoms. The summed E-state index contributed by atoms with van der Waals surface area (Å²) in [6.07, 6.45) is 0. The number of aryl methyl sites for hydroxylation is 2. The van der Waals surface area contributed by atoms with Gasteiger partial charge in [0.25, 0.3) is 5.91 Å². The topological polar surface area (TPSA) is 78.3 Å². The average molecular weight is 415 g/mol. The lowest BCUT2D eigenvalue weighted by molar-refractivity contribution is 0.0934. The highest BCUT2D eigenvalue weighted by Crippen LogP contribution is 2.29. The van der Waals surface area contributed by atoms with E-state index in [4.69, 9.17) is 21.1 Å². The summed E-state index contributed by atoms with van der Waals surface area (Å²) in [6, 6.07) is 10.4. The van der Waals surface area contributed by atoms with E-state index in [2.05, 4.69) is 15.4 Å². The van der Waals surface area contributed by atoms with Crippen LogP contribution in [0.2, 0.25) is 5.02 Å². The number of nitrogens with one attached hydrogen (secondary N) is 1. The first kappa shape index (κ1) is 20.7. The van der Waals surface area contributed by atoms with Gasteiger partial charge in [-0.3, -0.25) is 4.79 Å². The van der Waals surface area contributed by atoms with Gasteiger partial charge in [0.05, 0.1) is 31.0 Å². The third-order valence-electron chi connectivity index (χ3n) is 4.53. The smallest absolute Gasteiger partial charge is 0.271 e. The normalized spacial score (nSPS) is 11.8. The summed E-state index contributed by atoms with van der Waals surface area (Å²) >= 11 is 6.26. The van der Waals surface area contributed by atoms with Crippen LogP contribution in [-0.2, 0) is 0 Å². The fourth-order valence-electron chi connectivity index (χ4n) is 3.09.